The van der Waals surface area contributed by atoms with Crippen molar-refractivity contribution in [3.05, 3.63) is 76.8 Å². The number of carbonyl (C=O) groups is 1. The molecule has 6 heteroatoms. The minimum atomic E-state index is -0.350. The van der Waals surface area contributed by atoms with E-state index in [0.29, 0.717) is 18.3 Å². The average Bonchev–Trinajstić information content (AvgIpc) is 3.29. The van der Waals surface area contributed by atoms with Gasteiger partial charge >= 0.3 is 6.03 Å². The molecule has 0 saturated heterocycles. The average molecular weight is 417 g/mol. The van der Waals surface area contributed by atoms with Gasteiger partial charge in [-0.15, -0.1) is 0 Å². The largest absolute Gasteiger partial charge is 0.334 e. The van der Waals surface area contributed by atoms with E-state index >= 15 is 0 Å². The topological polar surface area (TPSA) is 71.3 Å². The fourth-order valence-corrected chi connectivity index (χ4v) is 3.97. The lowest BCUT2D eigenvalue weighted by Crippen LogP contribution is -2.45. The van der Waals surface area contributed by atoms with Crippen LogP contribution in [0.5, 0.6) is 0 Å². The van der Waals surface area contributed by atoms with Gasteiger partial charge in [0, 0.05) is 17.8 Å². The molecule has 1 aliphatic rings. The lowest BCUT2D eigenvalue weighted by atomic mass is 9.94. The number of allylic oxidation sites excluding steroid dienone is 1. The first-order chi connectivity index (χ1) is 15.0. The number of rotatable bonds is 6. The molecule has 1 aromatic heterocycles. The highest BCUT2D eigenvalue weighted by molar-refractivity contribution is 5.86. The zero-order chi connectivity index (χ0) is 22.0. The fraction of sp³-hybridized carbons (Fsp3) is 0.320. The summed E-state index contributed by atoms with van der Waals surface area (Å²) in [7, 11) is 0. The van der Waals surface area contributed by atoms with Gasteiger partial charge in [-0.1, -0.05) is 67.5 Å². The standard InChI is InChI=1S/C25H28N4O2/c1-5-17-8-12-19(13-9-17)22-21(16(4)29(7-3)25(30)26-22)24-27-23(28-31-24)20-14-10-18(6-2)11-15-20/h8-15,22H,5-7H2,1-4H3,(H,26,30). The van der Waals surface area contributed by atoms with E-state index in [1.807, 2.05) is 26.0 Å². The molecule has 0 bridgehead atoms. The summed E-state index contributed by atoms with van der Waals surface area (Å²) in [4.78, 5) is 19.1. The molecule has 1 N–H and O–H groups in total. The Labute approximate surface area is 183 Å². The first kappa shape index (κ1) is 20.8. The zero-order valence-electron chi connectivity index (χ0n) is 18.5. The molecule has 1 atom stereocenters. The third-order valence-electron chi connectivity index (χ3n) is 5.91. The highest BCUT2D eigenvalue weighted by atomic mass is 16.5. The van der Waals surface area contributed by atoms with Gasteiger partial charge < -0.3 is 9.84 Å². The van der Waals surface area contributed by atoms with Crippen LogP contribution in [0.3, 0.4) is 0 Å². The van der Waals surface area contributed by atoms with Gasteiger partial charge in [-0.3, -0.25) is 4.90 Å². The van der Waals surface area contributed by atoms with Gasteiger partial charge in [0.05, 0.1) is 11.6 Å². The Morgan fingerprint density at radius 1 is 0.968 bits per heavy atom. The Bertz CT molecular complexity index is 1100. The summed E-state index contributed by atoms with van der Waals surface area (Å²) in [6.07, 6.45) is 1.95. The molecule has 1 aliphatic heterocycles. The molecule has 0 fully saturated rings. The Morgan fingerprint density at radius 3 is 2.16 bits per heavy atom. The van der Waals surface area contributed by atoms with Crippen LogP contribution in [-0.2, 0) is 12.8 Å². The van der Waals surface area contributed by atoms with Crippen molar-refractivity contribution in [1.82, 2.24) is 20.4 Å². The molecule has 4 rings (SSSR count). The van der Waals surface area contributed by atoms with Crippen molar-refractivity contribution in [3.63, 3.8) is 0 Å². The van der Waals surface area contributed by atoms with Crippen LogP contribution in [0, 0.1) is 0 Å². The summed E-state index contributed by atoms with van der Waals surface area (Å²) < 4.78 is 5.71. The summed E-state index contributed by atoms with van der Waals surface area (Å²) in [6.45, 7) is 8.69. The second-order valence-corrected chi connectivity index (χ2v) is 7.69. The number of carbonyl (C=O) groups excluding carboxylic acids is 1. The molecular formula is C25H28N4O2. The summed E-state index contributed by atoms with van der Waals surface area (Å²) >= 11 is 0. The zero-order valence-corrected chi connectivity index (χ0v) is 18.5. The number of nitrogens with one attached hydrogen (secondary N) is 1. The number of aryl methyl sites for hydroxylation is 2. The van der Waals surface area contributed by atoms with E-state index in [9.17, 15) is 4.79 Å². The van der Waals surface area contributed by atoms with Crippen LogP contribution < -0.4 is 5.32 Å². The van der Waals surface area contributed by atoms with E-state index in [1.54, 1.807) is 4.90 Å². The molecule has 2 heterocycles. The SMILES string of the molecule is CCc1ccc(-c2noc(C3=C(C)N(CC)C(=O)NC3c3ccc(CC)cc3)n2)cc1. The van der Waals surface area contributed by atoms with Crippen molar-refractivity contribution in [3.8, 4) is 11.4 Å². The van der Waals surface area contributed by atoms with Crippen molar-refractivity contribution in [1.29, 1.82) is 0 Å². The van der Waals surface area contributed by atoms with Gasteiger partial charge in [0.2, 0.25) is 5.82 Å². The second-order valence-electron chi connectivity index (χ2n) is 7.69. The first-order valence-electron chi connectivity index (χ1n) is 10.9. The third kappa shape index (κ3) is 3.98. The maximum Gasteiger partial charge on any atom is 0.322 e. The van der Waals surface area contributed by atoms with Crippen LogP contribution in [0.25, 0.3) is 17.0 Å². The quantitative estimate of drug-likeness (QED) is 0.586. The molecule has 31 heavy (non-hydrogen) atoms. The summed E-state index contributed by atoms with van der Waals surface area (Å²) in [5.41, 5.74) is 6.06. The van der Waals surface area contributed by atoms with Gasteiger partial charge in [0.1, 0.15) is 0 Å². The van der Waals surface area contributed by atoms with E-state index < -0.39 is 0 Å². The lowest BCUT2D eigenvalue weighted by molar-refractivity contribution is 0.207. The van der Waals surface area contributed by atoms with Crippen molar-refractivity contribution >= 4 is 11.6 Å². The predicted molar refractivity (Wildman–Crippen MR) is 121 cm³/mol. The van der Waals surface area contributed by atoms with Crippen LogP contribution in [0.15, 0.2) is 58.8 Å². The van der Waals surface area contributed by atoms with Crippen LogP contribution in [0.4, 0.5) is 4.79 Å². The van der Waals surface area contributed by atoms with Gasteiger partial charge in [0.25, 0.3) is 5.89 Å². The number of urea groups is 1. The van der Waals surface area contributed by atoms with Crippen molar-refractivity contribution in [2.75, 3.05) is 6.54 Å². The van der Waals surface area contributed by atoms with Crippen LogP contribution in [0.1, 0.15) is 56.3 Å². The van der Waals surface area contributed by atoms with Gasteiger partial charge in [-0.2, -0.15) is 4.98 Å². The molecule has 1 unspecified atom stereocenters. The Morgan fingerprint density at radius 2 is 1.58 bits per heavy atom. The number of hydrogen-bond donors (Lipinski definition) is 1. The molecule has 2 amide bonds. The minimum Gasteiger partial charge on any atom is -0.334 e. The third-order valence-corrected chi connectivity index (χ3v) is 5.91. The molecule has 0 radical (unpaired) electrons. The maximum absolute atomic E-state index is 12.7. The monoisotopic (exact) mass is 416 g/mol. The van der Waals surface area contributed by atoms with Gasteiger partial charge in [-0.05, 0) is 43.4 Å². The molecule has 2 aromatic carbocycles. The minimum absolute atomic E-state index is 0.122. The number of amides is 2. The smallest absolute Gasteiger partial charge is 0.322 e. The van der Waals surface area contributed by atoms with Gasteiger partial charge in [-0.25, -0.2) is 4.79 Å². The molecule has 0 saturated carbocycles. The number of nitrogens with zero attached hydrogens (tertiary/aromatic N) is 3. The molecule has 6 nitrogen and oxygen atoms in total. The van der Waals surface area contributed by atoms with Crippen molar-refractivity contribution < 1.29 is 9.32 Å². The Balaban J connectivity index is 1.76. The molecule has 3 aromatic rings. The van der Waals surface area contributed by atoms with Crippen molar-refractivity contribution in [2.24, 2.45) is 0 Å². The van der Waals surface area contributed by atoms with Crippen molar-refractivity contribution in [2.45, 2.75) is 46.6 Å². The highest BCUT2D eigenvalue weighted by Crippen LogP contribution is 2.37. The van der Waals surface area contributed by atoms with E-state index in [0.717, 1.165) is 35.2 Å². The van der Waals surface area contributed by atoms with E-state index in [4.69, 9.17) is 9.51 Å². The van der Waals surface area contributed by atoms with E-state index in [1.165, 1.54) is 11.1 Å². The van der Waals surface area contributed by atoms with Crippen LogP contribution >= 0.6 is 0 Å². The maximum atomic E-state index is 12.7. The fourth-order valence-electron chi connectivity index (χ4n) is 3.97. The lowest BCUT2D eigenvalue weighted by Gasteiger charge is -2.34. The molecule has 0 aliphatic carbocycles. The van der Waals surface area contributed by atoms with Gasteiger partial charge in [0.15, 0.2) is 0 Å². The highest BCUT2D eigenvalue weighted by Gasteiger charge is 2.35. The van der Waals surface area contributed by atoms with E-state index in [2.05, 4.69) is 60.7 Å². The summed E-state index contributed by atoms with van der Waals surface area (Å²) in [6, 6.07) is 16.0. The first-order valence-corrected chi connectivity index (χ1v) is 10.9. The number of hydrogen-bond acceptors (Lipinski definition) is 4. The Kier molecular flexibility index (Phi) is 5.89. The number of aromatic nitrogens is 2. The number of benzene rings is 2. The predicted octanol–water partition coefficient (Wildman–Crippen LogP) is 5.38. The molecule has 0 spiro atoms. The van der Waals surface area contributed by atoms with E-state index in [-0.39, 0.29) is 12.1 Å². The summed E-state index contributed by atoms with van der Waals surface area (Å²) in [5.74, 6) is 0.966. The normalized spacial score (nSPS) is 16.6. The van der Waals surface area contributed by atoms with Crippen LogP contribution in [-0.4, -0.2) is 27.6 Å². The molecule has 160 valence electrons. The Hall–Kier alpha value is -3.41. The second kappa shape index (κ2) is 8.76. The summed E-state index contributed by atoms with van der Waals surface area (Å²) in [5, 5.41) is 7.34. The molecular weight excluding hydrogens is 388 g/mol. The van der Waals surface area contributed by atoms with Crippen LogP contribution in [0.2, 0.25) is 0 Å².